The standard InChI is InChI=1S/C17H17ClO3/c1-4-12-10-13(8-9-14(12)18)21-16-7-5-6-15(20-3)17(16)11(2)19/h5-10H,4H2,1-3H3. The maximum absolute atomic E-state index is 11.8. The van der Waals surface area contributed by atoms with Crippen molar-refractivity contribution in [1.82, 2.24) is 0 Å². The number of benzene rings is 2. The molecule has 0 fully saturated rings. The van der Waals surface area contributed by atoms with Gasteiger partial charge in [-0.15, -0.1) is 0 Å². The van der Waals surface area contributed by atoms with E-state index < -0.39 is 0 Å². The summed E-state index contributed by atoms with van der Waals surface area (Å²) in [4.78, 5) is 11.8. The molecule has 0 heterocycles. The molecule has 0 bridgehead atoms. The van der Waals surface area contributed by atoms with Crippen LogP contribution in [0.25, 0.3) is 0 Å². The Morgan fingerprint density at radius 1 is 1.19 bits per heavy atom. The minimum absolute atomic E-state index is 0.105. The van der Waals surface area contributed by atoms with Crippen LogP contribution in [0.3, 0.4) is 0 Å². The van der Waals surface area contributed by atoms with Gasteiger partial charge >= 0.3 is 0 Å². The number of aryl methyl sites for hydroxylation is 1. The molecule has 0 amide bonds. The molecule has 0 saturated carbocycles. The molecule has 3 nitrogen and oxygen atoms in total. The summed E-state index contributed by atoms with van der Waals surface area (Å²) >= 11 is 6.10. The Balaban J connectivity index is 2.42. The van der Waals surface area contributed by atoms with Crippen molar-refractivity contribution in [2.45, 2.75) is 20.3 Å². The fourth-order valence-corrected chi connectivity index (χ4v) is 2.38. The van der Waals surface area contributed by atoms with Gasteiger partial charge in [-0.05, 0) is 49.2 Å². The lowest BCUT2D eigenvalue weighted by molar-refractivity contribution is 0.101. The van der Waals surface area contributed by atoms with Crippen molar-refractivity contribution < 1.29 is 14.3 Å². The predicted octanol–water partition coefficient (Wildman–Crippen LogP) is 4.91. The van der Waals surface area contributed by atoms with Crippen molar-refractivity contribution in [3.8, 4) is 17.2 Å². The zero-order valence-corrected chi connectivity index (χ0v) is 13.0. The first-order chi connectivity index (χ1) is 10.1. The maximum Gasteiger partial charge on any atom is 0.167 e. The van der Waals surface area contributed by atoms with Crippen LogP contribution < -0.4 is 9.47 Å². The highest BCUT2D eigenvalue weighted by molar-refractivity contribution is 6.31. The molecule has 2 aromatic rings. The molecule has 0 N–H and O–H groups in total. The van der Waals surface area contributed by atoms with E-state index in [1.807, 2.05) is 13.0 Å². The Morgan fingerprint density at radius 2 is 1.90 bits per heavy atom. The van der Waals surface area contributed by atoms with E-state index in [9.17, 15) is 4.79 Å². The summed E-state index contributed by atoms with van der Waals surface area (Å²) < 4.78 is 11.1. The number of carbonyl (C=O) groups is 1. The first kappa shape index (κ1) is 15.4. The van der Waals surface area contributed by atoms with Crippen LogP contribution in [0.2, 0.25) is 5.02 Å². The molecule has 0 unspecified atom stereocenters. The maximum atomic E-state index is 11.8. The van der Waals surface area contributed by atoms with Gasteiger partial charge in [0.2, 0.25) is 0 Å². The molecule has 21 heavy (non-hydrogen) atoms. The lowest BCUT2D eigenvalue weighted by Crippen LogP contribution is -2.01. The largest absolute Gasteiger partial charge is 0.496 e. The van der Waals surface area contributed by atoms with Crippen molar-refractivity contribution in [1.29, 1.82) is 0 Å². The number of methoxy groups -OCH3 is 1. The molecule has 0 saturated heterocycles. The molecular formula is C17H17ClO3. The number of hydrogen-bond donors (Lipinski definition) is 0. The van der Waals surface area contributed by atoms with Gasteiger partial charge in [0, 0.05) is 5.02 Å². The highest BCUT2D eigenvalue weighted by atomic mass is 35.5. The Labute approximate surface area is 129 Å². The van der Waals surface area contributed by atoms with Crippen molar-refractivity contribution in [3.63, 3.8) is 0 Å². The molecule has 4 heteroatoms. The van der Waals surface area contributed by atoms with Crippen LogP contribution in [0, 0.1) is 0 Å². The number of Topliss-reactive ketones (excluding diaryl/α,β-unsaturated/α-hetero) is 1. The Hall–Kier alpha value is -2.00. The fraction of sp³-hybridized carbons (Fsp3) is 0.235. The van der Waals surface area contributed by atoms with E-state index in [4.69, 9.17) is 21.1 Å². The molecular weight excluding hydrogens is 288 g/mol. The molecule has 0 spiro atoms. The van der Waals surface area contributed by atoms with E-state index in [1.54, 1.807) is 30.3 Å². The normalized spacial score (nSPS) is 10.3. The van der Waals surface area contributed by atoms with Gasteiger partial charge in [0.1, 0.15) is 22.8 Å². The lowest BCUT2D eigenvalue weighted by atomic mass is 10.1. The van der Waals surface area contributed by atoms with E-state index in [1.165, 1.54) is 14.0 Å². The molecule has 0 aromatic heterocycles. The lowest BCUT2D eigenvalue weighted by Gasteiger charge is -2.13. The van der Waals surface area contributed by atoms with Crippen LogP contribution in [0.1, 0.15) is 29.8 Å². The van der Waals surface area contributed by atoms with E-state index in [2.05, 4.69) is 0 Å². The number of halogens is 1. The first-order valence-corrected chi connectivity index (χ1v) is 7.08. The van der Waals surface area contributed by atoms with Crippen molar-refractivity contribution in [2.75, 3.05) is 7.11 Å². The Kier molecular flexibility index (Phi) is 4.86. The highest BCUT2D eigenvalue weighted by Gasteiger charge is 2.15. The molecule has 0 aliphatic carbocycles. The third kappa shape index (κ3) is 3.37. The highest BCUT2D eigenvalue weighted by Crippen LogP contribution is 2.33. The van der Waals surface area contributed by atoms with Crippen molar-refractivity contribution in [3.05, 3.63) is 52.5 Å². The van der Waals surface area contributed by atoms with Crippen LogP contribution in [0.4, 0.5) is 0 Å². The van der Waals surface area contributed by atoms with Gasteiger partial charge in [-0.2, -0.15) is 0 Å². The van der Waals surface area contributed by atoms with Crippen LogP contribution >= 0.6 is 11.6 Å². The number of ether oxygens (including phenoxy) is 2. The van der Waals surface area contributed by atoms with Crippen LogP contribution in [-0.4, -0.2) is 12.9 Å². The summed E-state index contributed by atoms with van der Waals surface area (Å²) in [5.41, 5.74) is 1.44. The molecule has 0 aliphatic rings. The van der Waals surface area contributed by atoms with Gasteiger partial charge in [0.05, 0.1) is 7.11 Å². The van der Waals surface area contributed by atoms with Gasteiger partial charge in [0.15, 0.2) is 5.78 Å². The van der Waals surface area contributed by atoms with Gasteiger partial charge < -0.3 is 9.47 Å². The fourth-order valence-electron chi connectivity index (χ4n) is 2.13. The second kappa shape index (κ2) is 6.64. The third-order valence-electron chi connectivity index (χ3n) is 3.19. The van der Waals surface area contributed by atoms with E-state index >= 15 is 0 Å². The van der Waals surface area contributed by atoms with E-state index in [0.29, 0.717) is 27.8 Å². The van der Waals surface area contributed by atoms with E-state index in [0.717, 1.165) is 12.0 Å². The molecule has 2 rings (SSSR count). The predicted molar refractivity (Wildman–Crippen MR) is 83.9 cm³/mol. The van der Waals surface area contributed by atoms with Crippen molar-refractivity contribution >= 4 is 17.4 Å². The SMILES string of the molecule is CCc1cc(Oc2cccc(OC)c2C(C)=O)ccc1Cl. The smallest absolute Gasteiger partial charge is 0.167 e. The quantitative estimate of drug-likeness (QED) is 0.737. The molecule has 0 atom stereocenters. The third-order valence-corrected chi connectivity index (χ3v) is 3.55. The second-order valence-corrected chi connectivity index (χ2v) is 5.01. The summed E-state index contributed by atoms with van der Waals surface area (Å²) in [5, 5.41) is 0.710. The summed E-state index contributed by atoms with van der Waals surface area (Å²) in [6.45, 7) is 3.52. The topological polar surface area (TPSA) is 35.5 Å². The van der Waals surface area contributed by atoms with Gasteiger partial charge in [-0.1, -0.05) is 24.6 Å². The van der Waals surface area contributed by atoms with Crippen molar-refractivity contribution in [2.24, 2.45) is 0 Å². The number of ketones is 1. The minimum atomic E-state index is -0.105. The molecule has 2 aromatic carbocycles. The number of hydrogen-bond acceptors (Lipinski definition) is 3. The van der Waals surface area contributed by atoms with E-state index in [-0.39, 0.29) is 5.78 Å². The van der Waals surface area contributed by atoms with Crippen LogP contribution in [0.5, 0.6) is 17.2 Å². The molecule has 0 aliphatic heterocycles. The second-order valence-electron chi connectivity index (χ2n) is 4.60. The van der Waals surface area contributed by atoms with Gasteiger partial charge in [-0.25, -0.2) is 0 Å². The zero-order valence-electron chi connectivity index (χ0n) is 12.3. The monoisotopic (exact) mass is 304 g/mol. The number of rotatable bonds is 5. The summed E-state index contributed by atoms with van der Waals surface area (Å²) in [7, 11) is 1.53. The Bertz CT molecular complexity index is 665. The van der Waals surface area contributed by atoms with Gasteiger partial charge in [0.25, 0.3) is 0 Å². The number of carbonyl (C=O) groups excluding carboxylic acids is 1. The molecule has 110 valence electrons. The minimum Gasteiger partial charge on any atom is -0.496 e. The first-order valence-electron chi connectivity index (χ1n) is 6.71. The Morgan fingerprint density at radius 3 is 2.52 bits per heavy atom. The zero-order chi connectivity index (χ0) is 15.4. The van der Waals surface area contributed by atoms with Crippen LogP contribution in [0.15, 0.2) is 36.4 Å². The average molecular weight is 305 g/mol. The van der Waals surface area contributed by atoms with Gasteiger partial charge in [-0.3, -0.25) is 4.79 Å². The van der Waals surface area contributed by atoms with Crippen LogP contribution in [-0.2, 0) is 6.42 Å². The average Bonchev–Trinajstić information content (AvgIpc) is 2.48. The summed E-state index contributed by atoms with van der Waals surface area (Å²) in [6, 6.07) is 10.7. The summed E-state index contributed by atoms with van der Waals surface area (Å²) in [6.07, 6.45) is 0.813. The molecule has 0 radical (unpaired) electrons. The summed E-state index contributed by atoms with van der Waals surface area (Å²) in [5.74, 6) is 1.52.